The van der Waals surface area contributed by atoms with Gasteiger partial charge in [-0.25, -0.2) is 0 Å². The molecule has 1 unspecified atom stereocenters. The molecule has 0 aromatic heterocycles. The fourth-order valence-electron chi connectivity index (χ4n) is 2.66. The van der Waals surface area contributed by atoms with Gasteiger partial charge in [-0.15, -0.1) is 0 Å². The minimum absolute atomic E-state index is 0.0149. The van der Waals surface area contributed by atoms with Crippen molar-refractivity contribution in [3.05, 3.63) is 0 Å². The van der Waals surface area contributed by atoms with Gasteiger partial charge in [0.05, 0.1) is 6.04 Å². The van der Waals surface area contributed by atoms with Crippen molar-refractivity contribution in [1.29, 1.82) is 0 Å². The van der Waals surface area contributed by atoms with E-state index in [1.54, 1.807) is 0 Å². The largest absolute Gasteiger partial charge is 0.370 e. The van der Waals surface area contributed by atoms with Crippen LogP contribution in [0.3, 0.4) is 0 Å². The van der Waals surface area contributed by atoms with Crippen LogP contribution in [0.2, 0.25) is 0 Å². The molecule has 3 atom stereocenters. The van der Waals surface area contributed by atoms with Gasteiger partial charge in [-0.05, 0) is 25.7 Å². The lowest BCUT2D eigenvalue weighted by Crippen LogP contribution is -2.55. The van der Waals surface area contributed by atoms with Crippen LogP contribution >= 0.6 is 0 Å². The van der Waals surface area contributed by atoms with Crippen LogP contribution in [-0.2, 0) is 9.59 Å². The highest BCUT2D eigenvalue weighted by Gasteiger charge is 2.36. The summed E-state index contributed by atoms with van der Waals surface area (Å²) in [6, 6.07) is -1.18. The first-order chi connectivity index (χ1) is 10.9. The summed E-state index contributed by atoms with van der Waals surface area (Å²) in [6.07, 6.45) is 0.980. The van der Waals surface area contributed by atoms with Gasteiger partial charge in [0.15, 0.2) is 12.3 Å². The molecule has 1 saturated heterocycles. The number of nitrogens with two attached hydrogens (primary N) is 3. The van der Waals surface area contributed by atoms with Crippen LogP contribution in [-0.4, -0.2) is 66.4 Å². The minimum atomic E-state index is -1.33. The summed E-state index contributed by atoms with van der Waals surface area (Å²) in [7, 11) is 1.54. The first-order valence-corrected chi connectivity index (χ1v) is 7.64. The van der Waals surface area contributed by atoms with Crippen LogP contribution in [0.4, 0.5) is 0 Å². The first-order valence-electron chi connectivity index (χ1n) is 7.64. The smallest absolute Gasteiger partial charge is 0.242 e. The number of nitrogens with zero attached hydrogens (tertiary/aromatic N) is 2. The number of likely N-dealkylation sites (N-methyl/N-ethyl adjacent to an activating group) is 1. The molecule has 0 saturated carbocycles. The lowest BCUT2D eigenvalue weighted by molar-refractivity contribution is -0.140. The predicted octanol–water partition coefficient (Wildman–Crippen LogP) is -3.03. The highest BCUT2D eigenvalue weighted by Crippen LogP contribution is 2.19. The fourth-order valence-corrected chi connectivity index (χ4v) is 2.66. The van der Waals surface area contributed by atoms with Gasteiger partial charge >= 0.3 is 0 Å². The van der Waals surface area contributed by atoms with E-state index in [2.05, 4.69) is 15.6 Å². The number of amides is 2. The molecule has 132 valence electrons. The number of guanidine groups is 1. The van der Waals surface area contributed by atoms with Crippen LogP contribution in [0.5, 0.6) is 0 Å². The summed E-state index contributed by atoms with van der Waals surface area (Å²) in [6.45, 7) is 0.872. The summed E-state index contributed by atoms with van der Waals surface area (Å²) in [4.78, 5) is 29.9. The zero-order valence-electron chi connectivity index (χ0n) is 13.4. The van der Waals surface area contributed by atoms with Crippen LogP contribution in [0.25, 0.3) is 0 Å². The van der Waals surface area contributed by atoms with E-state index in [9.17, 15) is 14.7 Å². The van der Waals surface area contributed by atoms with E-state index in [4.69, 9.17) is 17.2 Å². The molecule has 10 nitrogen and oxygen atoms in total. The average Bonchev–Trinajstić information content (AvgIpc) is 2.97. The number of carbonyl (C=O) groups is 2. The third kappa shape index (κ3) is 6.00. The molecule has 9 N–H and O–H groups in total. The van der Waals surface area contributed by atoms with Gasteiger partial charge in [0.25, 0.3) is 0 Å². The second kappa shape index (κ2) is 9.28. The van der Waals surface area contributed by atoms with E-state index in [1.807, 2.05) is 0 Å². The molecule has 1 aliphatic rings. The van der Waals surface area contributed by atoms with Crippen molar-refractivity contribution in [3.63, 3.8) is 0 Å². The molecule has 1 rings (SSSR count). The Morgan fingerprint density at radius 1 is 1.43 bits per heavy atom. The Bertz CT molecular complexity index is 437. The van der Waals surface area contributed by atoms with Gasteiger partial charge in [-0.2, -0.15) is 0 Å². The Labute approximate surface area is 135 Å². The predicted molar refractivity (Wildman–Crippen MR) is 85.8 cm³/mol. The lowest BCUT2D eigenvalue weighted by Gasteiger charge is -2.29. The third-order valence-corrected chi connectivity index (χ3v) is 3.70. The van der Waals surface area contributed by atoms with Crippen molar-refractivity contribution in [3.8, 4) is 0 Å². The SMILES string of the molecule is CNC(=O)[C@H]1CCCN1C(=O)[C@H](CCCN=C(N)N)NC(N)O. The fraction of sp³-hybridized carbons (Fsp3) is 0.769. The molecule has 0 spiro atoms. The molecule has 2 amide bonds. The van der Waals surface area contributed by atoms with Gasteiger partial charge in [0.2, 0.25) is 11.8 Å². The number of aliphatic hydroxyl groups is 1. The van der Waals surface area contributed by atoms with Crippen LogP contribution < -0.4 is 27.8 Å². The molecular formula is C13H27N7O3. The maximum Gasteiger partial charge on any atom is 0.242 e. The van der Waals surface area contributed by atoms with Gasteiger partial charge in [-0.3, -0.25) is 25.6 Å². The maximum absolute atomic E-state index is 12.7. The van der Waals surface area contributed by atoms with Crippen molar-refractivity contribution >= 4 is 17.8 Å². The Hall–Kier alpha value is -1.91. The highest BCUT2D eigenvalue weighted by atomic mass is 16.3. The second-order valence-corrected chi connectivity index (χ2v) is 5.42. The number of aliphatic imine (C=N–C) groups is 1. The Balaban J connectivity index is 2.70. The monoisotopic (exact) mass is 329 g/mol. The van der Waals surface area contributed by atoms with E-state index in [-0.39, 0.29) is 17.8 Å². The average molecular weight is 329 g/mol. The number of aliphatic hydroxyl groups excluding tert-OH is 1. The molecule has 1 aliphatic heterocycles. The molecule has 1 fully saturated rings. The van der Waals surface area contributed by atoms with Crippen molar-refractivity contribution < 1.29 is 14.7 Å². The molecule has 0 bridgehead atoms. The van der Waals surface area contributed by atoms with Crippen LogP contribution in [0.1, 0.15) is 25.7 Å². The van der Waals surface area contributed by atoms with Gasteiger partial charge in [-0.1, -0.05) is 0 Å². The van der Waals surface area contributed by atoms with Crippen LogP contribution in [0, 0.1) is 0 Å². The maximum atomic E-state index is 12.7. The number of hydrogen-bond donors (Lipinski definition) is 6. The van der Waals surface area contributed by atoms with Crippen molar-refractivity contribution in [2.45, 2.75) is 44.1 Å². The molecule has 0 aromatic carbocycles. The van der Waals surface area contributed by atoms with E-state index < -0.39 is 18.4 Å². The minimum Gasteiger partial charge on any atom is -0.370 e. The lowest BCUT2D eigenvalue weighted by atomic mass is 10.1. The summed E-state index contributed by atoms with van der Waals surface area (Å²) in [5, 5.41) is 14.5. The molecule has 0 radical (unpaired) electrons. The number of hydrogen-bond acceptors (Lipinski definition) is 6. The topological polar surface area (TPSA) is 172 Å². The van der Waals surface area contributed by atoms with E-state index in [0.29, 0.717) is 32.4 Å². The number of likely N-dealkylation sites (tertiary alicyclic amines) is 1. The van der Waals surface area contributed by atoms with E-state index in [1.165, 1.54) is 11.9 Å². The molecular weight excluding hydrogens is 302 g/mol. The zero-order valence-corrected chi connectivity index (χ0v) is 13.4. The van der Waals surface area contributed by atoms with Gasteiger partial charge in [0.1, 0.15) is 6.04 Å². The molecule has 0 aromatic rings. The van der Waals surface area contributed by atoms with Crippen molar-refractivity contribution in [2.24, 2.45) is 22.2 Å². The second-order valence-electron chi connectivity index (χ2n) is 5.42. The summed E-state index contributed by atoms with van der Waals surface area (Å²) >= 11 is 0. The highest BCUT2D eigenvalue weighted by molar-refractivity contribution is 5.90. The van der Waals surface area contributed by atoms with E-state index in [0.717, 1.165) is 6.42 Å². The summed E-state index contributed by atoms with van der Waals surface area (Å²) in [5.41, 5.74) is 15.8. The molecule has 1 heterocycles. The number of rotatable bonds is 8. The van der Waals surface area contributed by atoms with Crippen LogP contribution in [0.15, 0.2) is 4.99 Å². The van der Waals surface area contributed by atoms with E-state index >= 15 is 0 Å². The van der Waals surface area contributed by atoms with Gasteiger partial charge in [0, 0.05) is 20.1 Å². The Kier molecular flexibility index (Phi) is 7.72. The summed E-state index contributed by atoms with van der Waals surface area (Å²) < 4.78 is 0. The molecule has 23 heavy (non-hydrogen) atoms. The normalized spacial score (nSPS) is 20.0. The Morgan fingerprint density at radius 2 is 2.13 bits per heavy atom. The number of nitrogens with one attached hydrogen (secondary N) is 2. The molecule has 0 aliphatic carbocycles. The zero-order chi connectivity index (χ0) is 17.4. The van der Waals surface area contributed by atoms with Crippen molar-refractivity contribution in [1.82, 2.24) is 15.5 Å². The Morgan fingerprint density at radius 3 is 2.70 bits per heavy atom. The first kappa shape index (κ1) is 19.1. The third-order valence-electron chi connectivity index (χ3n) is 3.70. The van der Waals surface area contributed by atoms with Crippen molar-refractivity contribution in [2.75, 3.05) is 20.1 Å². The number of carbonyl (C=O) groups excluding carboxylic acids is 2. The molecule has 10 heteroatoms. The quantitative estimate of drug-likeness (QED) is 0.119. The van der Waals surface area contributed by atoms with Gasteiger partial charge < -0.3 is 26.8 Å². The standard InChI is InChI=1S/C13H27N7O3/c1-17-10(21)9-5-3-7-20(9)11(22)8(19-13(16)23)4-2-6-18-12(14)15/h8-9,13,19,23H,2-7,16H2,1H3,(H,17,21)(H4,14,15,18)/t8-,9+,13?/m0/s1. The summed E-state index contributed by atoms with van der Waals surface area (Å²) in [5.74, 6) is -0.465.